The lowest BCUT2D eigenvalue weighted by Gasteiger charge is -2.29. The van der Waals surface area contributed by atoms with Crippen LogP contribution in [-0.4, -0.2) is 29.7 Å². The van der Waals surface area contributed by atoms with Gasteiger partial charge in [-0.25, -0.2) is 9.30 Å². The first kappa shape index (κ1) is 13.4. The van der Waals surface area contributed by atoms with Crippen LogP contribution < -0.4 is 0 Å². The van der Waals surface area contributed by atoms with Crippen molar-refractivity contribution in [2.24, 2.45) is 10.9 Å². The zero-order valence-electron chi connectivity index (χ0n) is 11.0. The molecule has 0 aromatic heterocycles. The second-order valence-corrected chi connectivity index (χ2v) is 5.69. The topological polar surface area (TPSA) is 24.8 Å². The quantitative estimate of drug-likeness (QED) is 0.462. The van der Waals surface area contributed by atoms with Crippen molar-refractivity contribution in [1.82, 2.24) is 4.31 Å². The zero-order valence-corrected chi connectivity index (χ0v) is 11.8. The first-order chi connectivity index (χ1) is 8.78. The van der Waals surface area contributed by atoms with Crippen molar-refractivity contribution in [3.05, 3.63) is 30.3 Å². The summed E-state index contributed by atoms with van der Waals surface area (Å²) in [6.07, 6.45) is 2.59. The van der Waals surface area contributed by atoms with Gasteiger partial charge in [-0.05, 0) is 30.9 Å². The smallest absolute Gasteiger partial charge is 0.266 e. The van der Waals surface area contributed by atoms with Crippen molar-refractivity contribution in [1.29, 1.82) is 0 Å². The Morgan fingerprint density at radius 2 is 2.17 bits per heavy atom. The molecular weight excluding hydrogens is 244 g/mol. The number of hydrogen-bond acceptors (Lipinski definition) is 4. The Kier molecular flexibility index (Phi) is 5.08. The number of methoxy groups -OCH3 is 1. The largest absolute Gasteiger partial charge is 0.475 e. The first-order valence-electron chi connectivity index (χ1n) is 6.38. The molecule has 3 nitrogen and oxygen atoms in total. The third-order valence-electron chi connectivity index (χ3n) is 2.98. The third kappa shape index (κ3) is 4.03. The third-order valence-corrected chi connectivity index (χ3v) is 3.98. The molecule has 0 spiro atoms. The van der Waals surface area contributed by atoms with Crippen LogP contribution in [0.15, 0.2) is 35.3 Å². The van der Waals surface area contributed by atoms with E-state index in [-0.39, 0.29) is 0 Å². The molecule has 18 heavy (non-hydrogen) atoms. The van der Waals surface area contributed by atoms with Crippen LogP contribution in [0.25, 0.3) is 0 Å². The maximum Gasteiger partial charge on any atom is 0.266 e. The van der Waals surface area contributed by atoms with Gasteiger partial charge in [0.05, 0.1) is 12.8 Å². The van der Waals surface area contributed by atoms with Crippen molar-refractivity contribution in [2.75, 3.05) is 20.2 Å². The molecule has 1 aromatic rings. The minimum absolute atomic E-state index is 0.718. The number of piperidine rings is 1. The first-order valence-corrected chi connectivity index (χ1v) is 7.16. The average molecular weight is 264 g/mol. The van der Waals surface area contributed by atoms with Gasteiger partial charge >= 0.3 is 0 Å². The summed E-state index contributed by atoms with van der Waals surface area (Å²) >= 11 is 1.63. The van der Waals surface area contributed by atoms with Crippen LogP contribution in [-0.2, 0) is 4.74 Å². The Balaban J connectivity index is 1.98. The summed E-state index contributed by atoms with van der Waals surface area (Å²) in [4.78, 5) is 4.51. The van der Waals surface area contributed by atoms with Gasteiger partial charge in [0, 0.05) is 25.0 Å². The van der Waals surface area contributed by atoms with Crippen LogP contribution >= 0.6 is 11.9 Å². The van der Waals surface area contributed by atoms with Crippen molar-refractivity contribution in [2.45, 2.75) is 19.8 Å². The fourth-order valence-electron chi connectivity index (χ4n) is 2.05. The lowest BCUT2D eigenvalue weighted by Crippen LogP contribution is -2.30. The number of aliphatic imine (C=N–C) groups is 1. The maximum absolute atomic E-state index is 5.36. The van der Waals surface area contributed by atoms with Gasteiger partial charge < -0.3 is 4.74 Å². The molecule has 0 saturated carbocycles. The minimum atomic E-state index is 0.718. The second kappa shape index (κ2) is 6.81. The van der Waals surface area contributed by atoms with E-state index in [1.165, 1.54) is 12.8 Å². The lowest BCUT2D eigenvalue weighted by atomic mass is 10.0. The van der Waals surface area contributed by atoms with Crippen LogP contribution in [0.5, 0.6) is 0 Å². The Morgan fingerprint density at radius 3 is 2.83 bits per heavy atom. The highest BCUT2D eigenvalue weighted by atomic mass is 32.2. The minimum Gasteiger partial charge on any atom is -0.475 e. The highest BCUT2D eigenvalue weighted by molar-refractivity contribution is 8.11. The van der Waals surface area contributed by atoms with E-state index in [2.05, 4.69) is 16.2 Å². The number of hydrogen-bond donors (Lipinski definition) is 0. The lowest BCUT2D eigenvalue weighted by molar-refractivity contribution is 0.302. The van der Waals surface area contributed by atoms with E-state index in [9.17, 15) is 0 Å². The van der Waals surface area contributed by atoms with Crippen molar-refractivity contribution in [3.8, 4) is 0 Å². The number of benzene rings is 1. The molecule has 1 atom stereocenters. The van der Waals surface area contributed by atoms with Crippen molar-refractivity contribution < 1.29 is 4.74 Å². The predicted octanol–water partition coefficient (Wildman–Crippen LogP) is 3.70. The van der Waals surface area contributed by atoms with Gasteiger partial charge in [-0.1, -0.05) is 25.1 Å². The van der Waals surface area contributed by atoms with Gasteiger partial charge in [0.25, 0.3) is 5.23 Å². The number of nitrogens with zero attached hydrogens (tertiary/aromatic N) is 2. The van der Waals surface area contributed by atoms with Gasteiger partial charge in [-0.15, -0.1) is 0 Å². The van der Waals surface area contributed by atoms with Gasteiger partial charge in [0.1, 0.15) is 0 Å². The average Bonchev–Trinajstić information content (AvgIpc) is 2.39. The van der Waals surface area contributed by atoms with Gasteiger partial charge in [-0.3, -0.25) is 0 Å². The maximum atomic E-state index is 5.36. The van der Waals surface area contributed by atoms with E-state index in [1.807, 2.05) is 30.3 Å². The highest BCUT2D eigenvalue weighted by Gasteiger charge is 2.19. The molecule has 1 aromatic carbocycles. The standard InChI is InChI=1S/C14H20N2OS/c1-12-7-6-10-16(11-12)18-14(17-2)15-13-8-4-3-5-9-13/h3-5,8-9,12H,6-7,10-11H2,1-2H3. The Morgan fingerprint density at radius 1 is 1.39 bits per heavy atom. The Bertz CT molecular complexity index is 394. The summed E-state index contributed by atoms with van der Waals surface area (Å²) in [6, 6.07) is 9.93. The fourth-order valence-corrected chi connectivity index (χ4v) is 3.04. The molecule has 1 heterocycles. The van der Waals surface area contributed by atoms with E-state index in [4.69, 9.17) is 4.74 Å². The van der Waals surface area contributed by atoms with Crippen molar-refractivity contribution >= 4 is 22.9 Å². The second-order valence-electron chi connectivity index (χ2n) is 4.64. The van der Waals surface area contributed by atoms with Crippen LogP contribution in [0.4, 0.5) is 5.69 Å². The number of para-hydroxylation sites is 1. The summed E-state index contributed by atoms with van der Waals surface area (Å²) in [6.45, 7) is 4.53. The summed E-state index contributed by atoms with van der Waals surface area (Å²) in [5.74, 6) is 0.765. The summed E-state index contributed by atoms with van der Waals surface area (Å²) in [7, 11) is 1.68. The van der Waals surface area contributed by atoms with Gasteiger partial charge in [-0.2, -0.15) is 0 Å². The van der Waals surface area contributed by atoms with Crippen LogP contribution in [0.1, 0.15) is 19.8 Å². The van der Waals surface area contributed by atoms with Crippen LogP contribution in [0, 0.1) is 5.92 Å². The highest BCUT2D eigenvalue weighted by Crippen LogP contribution is 2.24. The van der Waals surface area contributed by atoms with E-state index < -0.39 is 0 Å². The molecule has 1 unspecified atom stereocenters. The SMILES string of the molecule is COC(=Nc1ccccc1)SN1CCCC(C)C1. The summed E-state index contributed by atoms with van der Waals surface area (Å²) in [5, 5.41) is 0.718. The van der Waals surface area contributed by atoms with E-state index in [0.717, 1.165) is 29.9 Å². The van der Waals surface area contributed by atoms with Gasteiger partial charge in [0.2, 0.25) is 0 Å². The number of rotatable bonds is 2. The molecule has 1 aliphatic heterocycles. The van der Waals surface area contributed by atoms with Gasteiger partial charge in [0.15, 0.2) is 0 Å². The molecule has 4 heteroatoms. The molecule has 1 fully saturated rings. The Hall–Kier alpha value is -1.00. The molecule has 0 bridgehead atoms. The molecule has 1 saturated heterocycles. The molecule has 0 radical (unpaired) electrons. The monoisotopic (exact) mass is 264 g/mol. The van der Waals surface area contributed by atoms with E-state index in [0.29, 0.717) is 0 Å². The Labute approximate surface area is 113 Å². The van der Waals surface area contributed by atoms with E-state index in [1.54, 1.807) is 19.1 Å². The molecule has 0 N–H and O–H groups in total. The normalized spacial score (nSPS) is 21.9. The van der Waals surface area contributed by atoms with E-state index >= 15 is 0 Å². The molecule has 2 rings (SSSR count). The zero-order chi connectivity index (χ0) is 12.8. The van der Waals surface area contributed by atoms with Crippen LogP contribution in [0.2, 0.25) is 0 Å². The molecule has 0 amide bonds. The van der Waals surface area contributed by atoms with Crippen molar-refractivity contribution in [3.63, 3.8) is 0 Å². The summed E-state index contributed by atoms with van der Waals surface area (Å²) in [5.41, 5.74) is 0.937. The molecule has 0 aliphatic carbocycles. The number of ether oxygens (including phenoxy) is 1. The molecular formula is C14H20N2OS. The molecule has 98 valence electrons. The fraction of sp³-hybridized carbons (Fsp3) is 0.500. The van der Waals surface area contributed by atoms with Crippen LogP contribution in [0.3, 0.4) is 0 Å². The molecule has 1 aliphatic rings. The predicted molar refractivity (Wildman–Crippen MR) is 78.1 cm³/mol. The summed E-state index contributed by atoms with van der Waals surface area (Å²) < 4.78 is 7.71.